The minimum Gasteiger partial charge on any atom is -0.467 e. The summed E-state index contributed by atoms with van der Waals surface area (Å²) in [5.74, 6) is -0.0488. The quantitative estimate of drug-likeness (QED) is 0.619. The van der Waals surface area contributed by atoms with Gasteiger partial charge in [0.2, 0.25) is 0 Å². The SMILES string of the molecule is COCOc1ccc(-c2ccccn2)cc1C(=O)OC. The molecule has 0 atom stereocenters. The van der Waals surface area contributed by atoms with E-state index in [0.29, 0.717) is 11.3 Å². The number of methoxy groups -OCH3 is 2. The van der Waals surface area contributed by atoms with Gasteiger partial charge in [0.25, 0.3) is 0 Å². The molecule has 0 aliphatic rings. The van der Waals surface area contributed by atoms with E-state index < -0.39 is 5.97 Å². The number of carbonyl (C=O) groups is 1. The Morgan fingerprint density at radius 1 is 1.20 bits per heavy atom. The molecule has 0 amide bonds. The number of aromatic nitrogens is 1. The van der Waals surface area contributed by atoms with Crippen LogP contribution in [0.15, 0.2) is 42.6 Å². The largest absolute Gasteiger partial charge is 0.467 e. The Kier molecular flexibility index (Phi) is 4.68. The summed E-state index contributed by atoms with van der Waals surface area (Å²) in [5.41, 5.74) is 1.93. The summed E-state index contributed by atoms with van der Waals surface area (Å²) in [7, 11) is 2.84. The Morgan fingerprint density at radius 2 is 2.05 bits per heavy atom. The van der Waals surface area contributed by atoms with E-state index in [9.17, 15) is 4.79 Å². The van der Waals surface area contributed by atoms with E-state index in [0.717, 1.165) is 11.3 Å². The van der Waals surface area contributed by atoms with Gasteiger partial charge in [-0.1, -0.05) is 6.07 Å². The van der Waals surface area contributed by atoms with Gasteiger partial charge in [-0.2, -0.15) is 0 Å². The van der Waals surface area contributed by atoms with E-state index >= 15 is 0 Å². The Morgan fingerprint density at radius 3 is 2.70 bits per heavy atom. The van der Waals surface area contributed by atoms with Gasteiger partial charge in [0, 0.05) is 18.9 Å². The van der Waals surface area contributed by atoms with Crippen molar-refractivity contribution >= 4 is 5.97 Å². The zero-order valence-corrected chi connectivity index (χ0v) is 11.3. The third-order valence-electron chi connectivity index (χ3n) is 2.68. The Balaban J connectivity index is 2.40. The first-order valence-electron chi connectivity index (χ1n) is 6.01. The summed E-state index contributed by atoms with van der Waals surface area (Å²) in [6.07, 6.45) is 1.70. The monoisotopic (exact) mass is 273 g/mol. The van der Waals surface area contributed by atoms with Crippen LogP contribution in [0.5, 0.6) is 5.75 Å². The van der Waals surface area contributed by atoms with E-state index in [2.05, 4.69) is 4.98 Å². The smallest absolute Gasteiger partial charge is 0.341 e. The van der Waals surface area contributed by atoms with Crippen LogP contribution < -0.4 is 4.74 Å². The normalized spacial score (nSPS) is 10.1. The van der Waals surface area contributed by atoms with Crippen LogP contribution in [0.1, 0.15) is 10.4 Å². The molecule has 2 rings (SSSR count). The molecule has 0 bridgehead atoms. The molecule has 0 saturated carbocycles. The van der Waals surface area contributed by atoms with Crippen molar-refractivity contribution in [2.75, 3.05) is 21.0 Å². The van der Waals surface area contributed by atoms with Crippen molar-refractivity contribution < 1.29 is 19.0 Å². The topological polar surface area (TPSA) is 57.7 Å². The molecule has 0 spiro atoms. The van der Waals surface area contributed by atoms with E-state index in [4.69, 9.17) is 14.2 Å². The van der Waals surface area contributed by atoms with Gasteiger partial charge in [0.1, 0.15) is 11.3 Å². The van der Waals surface area contributed by atoms with Crippen molar-refractivity contribution in [2.24, 2.45) is 0 Å². The Hall–Kier alpha value is -2.40. The van der Waals surface area contributed by atoms with Crippen LogP contribution >= 0.6 is 0 Å². The van der Waals surface area contributed by atoms with E-state index in [-0.39, 0.29) is 6.79 Å². The Bertz CT molecular complexity index is 584. The molecule has 0 N–H and O–H groups in total. The number of hydrogen-bond donors (Lipinski definition) is 0. The van der Waals surface area contributed by atoms with E-state index in [1.165, 1.54) is 14.2 Å². The van der Waals surface area contributed by atoms with Crippen molar-refractivity contribution in [1.29, 1.82) is 0 Å². The molecule has 0 fully saturated rings. The molecule has 0 aliphatic carbocycles. The summed E-state index contributed by atoms with van der Waals surface area (Å²) in [4.78, 5) is 16.1. The number of ether oxygens (including phenoxy) is 3. The molecular weight excluding hydrogens is 258 g/mol. The van der Waals surface area contributed by atoms with Crippen molar-refractivity contribution in [3.8, 4) is 17.0 Å². The number of benzene rings is 1. The third kappa shape index (κ3) is 3.13. The lowest BCUT2D eigenvalue weighted by Crippen LogP contribution is -2.07. The maximum atomic E-state index is 11.8. The molecule has 2 aromatic rings. The molecule has 0 radical (unpaired) electrons. The van der Waals surface area contributed by atoms with E-state index in [1.54, 1.807) is 18.3 Å². The maximum Gasteiger partial charge on any atom is 0.341 e. The number of carbonyl (C=O) groups excluding carboxylic acids is 1. The van der Waals surface area contributed by atoms with Crippen LogP contribution in [0.4, 0.5) is 0 Å². The fourth-order valence-corrected chi connectivity index (χ4v) is 1.74. The highest BCUT2D eigenvalue weighted by Gasteiger charge is 2.15. The number of hydrogen-bond acceptors (Lipinski definition) is 5. The minimum atomic E-state index is -0.464. The first-order valence-corrected chi connectivity index (χ1v) is 6.01. The molecule has 5 nitrogen and oxygen atoms in total. The van der Waals surface area contributed by atoms with Crippen LogP contribution in [0, 0.1) is 0 Å². The first-order chi connectivity index (χ1) is 9.76. The van der Waals surface area contributed by atoms with Gasteiger partial charge in [-0.25, -0.2) is 4.79 Å². The molecule has 5 heteroatoms. The fourth-order valence-electron chi connectivity index (χ4n) is 1.74. The zero-order valence-electron chi connectivity index (χ0n) is 11.3. The lowest BCUT2D eigenvalue weighted by atomic mass is 10.1. The second-order valence-corrected chi connectivity index (χ2v) is 3.97. The van der Waals surface area contributed by atoms with Gasteiger partial charge >= 0.3 is 5.97 Å². The van der Waals surface area contributed by atoms with Gasteiger partial charge < -0.3 is 14.2 Å². The molecule has 20 heavy (non-hydrogen) atoms. The molecule has 0 aliphatic heterocycles. The Labute approximate surface area is 117 Å². The van der Waals surface area contributed by atoms with Crippen LogP contribution in [0.3, 0.4) is 0 Å². The van der Waals surface area contributed by atoms with Crippen molar-refractivity contribution in [1.82, 2.24) is 4.98 Å². The third-order valence-corrected chi connectivity index (χ3v) is 2.68. The minimum absolute atomic E-state index is 0.0624. The molecule has 1 heterocycles. The zero-order chi connectivity index (χ0) is 14.4. The molecule has 1 aromatic heterocycles. The second kappa shape index (κ2) is 6.68. The highest BCUT2D eigenvalue weighted by Crippen LogP contribution is 2.26. The van der Waals surface area contributed by atoms with Crippen LogP contribution in [0.25, 0.3) is 11.3 Å². The molecule has 1 aromatic carbocycles. The molecular formula is C15H15NO4. The second-order valence-electron chi connectivity index (χ2n) is 3.97. The highest BCUT2D eigenvalue weighted by molar-refractivity contribution is 5.94. The van der Waals surface area contributed by atoms with Crippen LogP contribution in [0.2, 0.25) is 0 Å². The van der Waals surface area contributed by atoms with Crippen molar-refractivity contribution in [3.63, 3.8) is 0 Å². The van der Waals surface area contributed by atoms with Gasteiger partial charge in [-0.15, -0.1) is 0 Å². The van der Waals surface area contributed by atoms with Gasteiger partial charge in [0.15, 0.2) is 6.79 Å². The van der Waals surface area contributed by atoms with Crippen molar-refractivity contribution in [3.05, 3.63) is 48.2 Å². The predicted molar refractivity (Wildman–Crippen MR) is 73.5 cm³/mol. The lowest BCUT2D eigenvalue weighted by Gasteiger charge is -2.11. The lowest BCUT2D eigenvalue weighted by molar-refractivity contribution is 0.0465. The number of nitrogens with zero attached hydrogens (tertiary/aromatic N) is 1. The average molecular weight is 273 g/mol. The summed E-state index contributed by atoms with van der Waals surface area (Å²) in [6, 6.07) is 10.8. The van der Waals surface area contributed by atoms with Gasteiger partial charge in [0.05, 0.1) is 12.8 Å². The fraction of sp³-hybridized carbons (Fsp3) is 0.200. The average Bonchev–Trinajstić information content (AvgIpc) is 2.53. The van der Waals surface area contributed by atoms with Gasteiger partial charge in [-0.05, 0) is 30.3 Å². The number of rotatable bonds is 5. The number of esters is 1. The van der Waals surface area contributed by atoms with Crippen LogP contribution in [-0.4, -0.2) is 32.0 Å². The maximum absolute atomic E-state index is 11.8. The first kappa shape index (κ1) is 14.0. The summed E-state index contributed by atoms with van der Waals surface area (Å²) < 4.78 is 15.0. The highest BCUT2D eigenvalue weighted by atomic mass is 16.7. The molecule has 0 unspecified atom stereocenters. The molecule has 104 valence electrons. The summed E-state index contributed by atoms with van der Waals surface area (Å²) in [5, 5.41) is 0. The summed E-state index contributed by atoms with van der Waals surface area (Å²) in [6.45, 7) is 0.0624. The van der Waals surface area contributed by atoms with Crippen molar-refractivity contribution in [2.45, 2.75) is 0 Å². The van der Waals surface area contributed by atoms with Gasteiger partial charge in [-0.3, -0.25) is 4.98 Å². The van der Waals surface area contributed by atoms with E-state index in [1.807, 2.05) is 24.3 Å². The molecule has 0 saturated heterocycles. The summed E-state index contributed by atoms with van der Waals surface area (Å²) >= 11 is 0. The predicted octanol–water partition coefficient (Wildman–Crippen LogP) is 2.52. The number of pyridine rings is 1. The standard InChI is InChI=1S/C15H15NO4/c1-18-10-20-14-7-6-11(9-12(14)15(17)19-2)13-5-3-4-8-16-13/h3-9H,10H2,1-2H3. The van der Waals surface area contributed by atoms with Crippen LogP contribution in [-0.2, 0) is 9.47 Å².